The van der Waals surface area contributed by atoms with Crippen LogP contribution >= 0.6 is 0 Å². The highest BCUT2D eigenvalue weighted by Crippen LogP contribution is 2.27. The number of rotatable bonds is 5. The third-order valence-corrected chi connectivity index (χ3v) is 4.75. The smallest absolute Gasteiger partial charge is 0.330 e. The molecule has 0 saturated heterocycles. The topological polar surface area (TPSA) is 89.4 Å². The summed E-state index contributed by atoms with van der Waals surface area (Å²) in [6.45, 7) is 0.352. The third-order valence-electron chi connectivity index (χ3n) is 4.75. The lowest BCUT2D eigenvalue weighted by atomic mass is 10.1. The van der Waals surface area contributed by atoms with Gasteiger partial charge in [-0.2, -0.15) is 18.4 Å². The fourth-order valence-electron chi connectivity index (χ4n) is 3.15. The first kappa shape index (κ1) is 21.0. The van der Waals surface area contributed by atoms with Gasteiger partial charge >= 0.3 is 6.18 Å². The first-order valence-corrected chi connectivity index (χ1v) is 9.44. The number of aromatic nitrogens is 5. The Kier molecular flexibility index (Phi) is 5.55. The predicted molar refractivity (Wildman–Crippen MR) is 108 cm³/mol. The zero-order valence-corrected chi connectivity index (χ0v) is 16.5. The Labute approximate surface area is 180 Å². The first-order chi connectivity index (χ1) is 15.3. The minimum Gasteiger partial charge on any atom is -0.330 e. The Balaban J connectivity index is 1.55. The molecule has 0 aliphatic rings. The fourth-order valence-corrected chi connectivity index (χ4v) is 3.15. The summed E-state index contributed by atoms with van der Waals surface area (Å²) < 4.78 is 41.5. The van der Waals surface area contributed by atoms with Crippen molar-refractivity contribution in [2.24, 2.45) is 0 Å². The van der Waals surface area contributed by atoms with Crippen molar-refractivity contribution in [1.82, 2.24) is 24.1 Å². The number of pyridine rings is 1. The maximum Gasteiger partial charge on any atom is 0.433 e. The van der Waals surface area contributed by atoms with Crippen LogP contribution in [-0.2, 0) is 19.1 Å². The van der Waals surface area contributed by atoms with Crippen molar-refractivity contribution in [2.45, 2.75) is 19.1 Å². The molecule has 4 aromatic rings. The molecule has 4 rings (SSSR count). The van der Waals surface area contributed by atoms with Crippen LogP contribution in [0.15, 0.2) is 72.2 Å². The summed E-state index contributed by atoms with van der Waals surface area (Å²) in [6, 6.07) is 13.0. The average molecular weight is 436 g/mol. The number of alkyl halides is 3. The van der Waals surface area contributed by atoms with E-state index in [4.69, 9.17) is 5.26 Å². The van der Waals surface area contributed by atoms with Gasteiger partial charge in [-0.05, 0) is 35.4 Å². The zero-order chi connectivity index (χ0) is 22.7. The molecule has 0 unspecified atom stereocenters. The molecule has 0 bridgehead atoms. The van der Waals surface area contributed by atoms with Gasteiger partial charge in [0.25, 0.3) is 5.56 Å². The van der Waals surface area contributed by atoms with E-state index in [0.29, 0.717) is 24.1 Å². The summed E-state index contributed by atoms with van der Waals surface area (Å²) in [5.41, 5.74) is 1.47. The van der Waals surface area contributed by atoms with E-state index in [-0.39, 0.29) is 5.95 Å². The molecule has 10 heteroatoms. The summed E-state index contributed by atoms with van der Waals surface area (Å²) in [6.07, 6.45) is 1.63. The summed E-state index contributed by atoms with van der Waals surface area (Å²) in [5, 5.41) is 8.91. The fraction of sp³-hybridized carbons (Fsp3) is 0.136. The molecule has 0 saturated carbocycles. The molecule has 160 valence electrons. The van der Waals surface area contributed by atoms with Gasteiger partial charge in [-0.15, -0.1) is 0 Å². The number of benzene rings is 1. The molecule has 0 fully saturated rings. The minimum absolute atomic E-state index is 0.347. The van der Waals surface area contributed by atoms with Gasteiger partial charge in [-0.25, -0.2) is 15.0 Å². The van der Waals surface area contributed by atoms with E-state index in [2.05, 4.69) is 21.0 Å². The second-order valence-corrected chi connectivity index (χ2v) is 6.98. The van der Waals surface area contributed by atoms with Crippen molar-refractivity contribution in [3.63, 3.8) is 0 Å². The van der Waals surface area contributed by atoms with Crippen LogP contribution in [-0.4, -0.2) is 24.1 Å². The normalized spacial score (nSPS) is 11.3. The first-order valence-electron chi connectivity index (χ1n) is 9.44. The van der Waals surface area contributed by atoms with Crippen LogP contribution in [0.25, 0.3) is 5.95 Å². The number of nitriles is 1. The summed E-state index contributed by atoms with van der Waals surface area (Å²) in [5.74, 6) is -0.347. The molecule has 32 heavy (non-hydrogen) atoms. The van der Waals surface area contributed by atoms with E-state index in [1.165, 1.54) is 12.3 Å². The lowest BCUT2D eigenvalue weighted by Crippen LogP contribution is -2.21. The molecule has 0 N–H and O–H groups in total. The lowest BCUT2D eigenvalue weighted by molar-refractivity contribution is -0.141. The SMILES string of the molecule is N#Cc1ccc(Cc2cncn2Cc2ccn(-c3nccc(C(F)(F)F)n3)c(=O)c2)cc1. The zero-order valence-electron chi connectivity index (χ0n) is 16.5. The maximum absolute atomic E-state index is 12.9. The molecular formula is C22H15F3N6O. The van der Waals surface area contributed by atoms with Gasteiger partial charge in [0.05, 0.1) is 18.0 Å². The van der Waals surface area contributed by atoms with Crippen molar-refractivity contribution in [3.8, 4) is 12.0 Å². The molecule has 0 aliphatic heterocycles. The Morgan fingerprint density at radius 3 is 2.53 bits per heavy atom. The van der Waals surface area contributed by atoms with Gasteiger partial charge in [0.15, 0.2) is 0 Å². The van der Waals surface area contributed by atoms with Crippen molar-refractivity contribution in [3.05, 3.63) is 106 Å². The van der Waals surface area contributed by atoms with Crippen LogP contribution in [0.2, 0.25) is 0 Å². The van der Waals surface area contributed by atoms with Crippen molar-refractivity contribution in [1.29, 1.82) is 5.26 Å². The van der Waals surface area contributed by atoms with Gasteiger partial charge in [0.2, 0.25) is 5.95 Å². The average Bonchev–Trinajstić information content (AvgIpc) is 3.20. The van der Waals surface area contributed by atoms with Gasteiger partial charge in [0.1, 0.15) is 5.69 Å². The van der Waals surface area contributed by atoms with Gasteiger partial charge in [-0.1, -0.05) is 12.1 Å². The monoisotopic (exact) mass is 436 g/mol. The van der Waals surface area contributed by atoms with E-state index >= 15 is 0 Å². The van der Waals surface area contributed by atoms with E-state index < -0.39 is 17.4 Å². The Bertz CT molecular complexity index is 1350. The molecular weight excluding hydrogens is 421 g/mol. The van der Waals surface area contributed by atoms with E-state index in [1.54, 1.807) is 30.7 Å². The highest BCUT2D eigenvalue weighted by molar-refractivity contribution is 5.33. The maximum atomic E-state index is 12.9. The molecule has 0 aliphatic carbocycles. The summed E-state index contributed by atoms with van der Waals surface area (Å²) in [4.78, 5) is 23.9. The Morgan fingerprint density at radius 2 is 1.84 bits per heavy atom. The molecule has 0 amide bonds. The van der Waals surface area contributed by atoms with Crippen LogP contribution in [0, 0.1) is 11.3 Å². The van der Waals surface area contributed by atoms with Crippen LogP contribution in [0.5, 0.6) is 0 Å². The van der Waals surface area contributed by atoms with Crippen molar-refractivity contribution in [2.75, 3.05) is 0 Å². The number of imidazole rings is 1. The molecule has 3 heterocycles. The second-order valence-electron chi connectivity index (χ2n) is 6.98. The van der Waals surface area contributed by atoms with E-state index in [0.717, 1.165) is 28.1 Å². The number of nitrogens with zero attached hydrogens (tertiary/aromatic N) is 6. The largest absolute Gasteiger partial charge is 0.433 e. The quantitative estimate of drug-likeness (QED) is 0.479. The molecule has 7 nitrogen and oxygen atoms in total. The Hall–Kier alpha value is -4.26. The van der Waals surface area contributed by atoms with E-state index in [9.17, 15) is 18.0 Å². The standard InChI is InChI=1S/C22H15F3N6O/c23-22(24,25)19-5-7-28-21(29-19)31-8-6-17(10-20(31)32)13-30-14-27-12-18(30)9-15-1-3-16(11-26)4-2-15/h1-8,10,12,14H,9,13H2. The lowest BCUT2D eigenvalue weighted by Gasteiger charge is -2.11. The van der Waals surface area contributed by atoms with Crippen molar-refractivity contribution < 1.29 is 13.2 Å². The number of hydrogen-bond acceptors (Lipinski definition) is 5. The highest BCUT2D eigenvalue weighted by Gasteiger charge is 2.33. The van der Waals surface area contributed by atoms with E-state index in [1.807, 2.05) is 16.7 Å². The minimum atomic E-state index is -4.63. The van der Waals surface area contributed by atoms with Gasteiger partial charge < -0.3 is 4.57 Å². The highest BCUT2D eigenvalue weighted by atomic mass is 19.4. The Morgan fingerprint density at radius 1 is 1.06 bits per heavy atom. The van der Waals surface area contributed by atoms with Crippen LogP contribution in [0.4, 0.5) is 13.2 Å². The van der Waals surface area contributed by atoms with Gasteiger partial charge in [-0.3, -0.25) is 9.36 Å². The number of hydrogen-bond donors (Lipinski definition) is 0. The molecule has 0 atom stereocenters. The van der Waals surface area contributed by atoms with Crippen LogP contribution in [0.1, 0.15) is 28.1 Å². The summed E-state index contributed by atoms with van der Waals surface area (Å²) >= 11 is 0. The summed E-state index contributed by atoms with van der Waals surface area (Å²) in [7, 11) is 0. The molecule has 3 aromatic heterocycles. The molecule has 0 radical (unpaired) electrons. The molecule has 0 spiro atoms. The second kappa shape index (κ2) is 8.47. The molecule has 1 aromatic carbocycles. The van der Waals surface area contributed by atoms with Crippen LogP contribution < -0.4 is 5.56 Å². The van der Waals surface area contributed by atoms with Gasteiger partial charge in [0, 0.05) is 43.3 Å². The third kappa shape index (κ3) is 4.57. The predicted octanol–water partition coefficient (Wildman–Crippen LogP) is 3.35. The van der Waals surface area contributed by atoms with Crippen LogP contribution in [0.3, 0.4) is 0 Å². The van der Waals surface area contributed by atoms with Crippen molar-refractivity contribution >= 4 is 0 Å². The number of halogens is 3.